The van der Waals surface area contributed by atoms with Crippen LogP contribution in [0.25, 0.3) is 0 Å². The van der Waals surface area contributed by atoms with Gasteiger partial charge in [0.25, 0.3) is 0 Å². The van der Waals surface area contributed by atoms with Gasteiger partial charge in [-0.3, -0.25) is 0 Å². The summed E-state index contributed by atoms with van der Waals surface area (Å²) in [6.07, 6.45) is 0. The summed E-state index contributed by atoms with van der Waals surface area (Å²) in [6, 6.07) is 0. The first-order valence-electron chi connectivity index (χ1n) is 1.77. The molecule has 0 spiro atoms. The molecule has 5 heteroatoms. The molecule has 0 aliphatic rings. The minimum Gasteiger partial charge on any atom is -0.0372 e. The van der Waals surface area contributed by atoms with Crippen LogP contribution in [0.15, 0.2) is 11.6 Å². The first kappa shape index (κ1) is 6.62. The number of hydrogen-bond acceptors (Lipinski definition) is 0. The van der Waals surface area contributed by atoms with Crippen molar-refractivity contribution in [2.45, 2.75) is 0 Å². The molecule has 1 aromatic rings. The molecule has 0 fully saturated rings. The Morgan fingerprint density at radius 1 is 1.71 bits per heavy atom. The van der Waals surface area contributed by atoms with Gasteiger partial charge in [-0.2, -0.15) is 0 Å². The third kappa shape index (κ3) is 1.72. The van der Waals surface area contributed by atoms with Gasteiger partial charge in [0, 0.05) is 8.93 Å². The highest BCUT2D eigenvalue weighted by atomic mass is 32.6. The number of rotatable bonds is 0. The van der Waals surface area contributed by atoms with Crippen molar-refractivity contribution in [3.63, 3.8) is 0 Å². The standard InChI is InChI=1S/C2H6P5/c3-6-2-1-5-7(6)4/h1-2H,3-4H2/q+1. The molecule has 0 saturated heterocycles. The maximum atomic E-state index is 2.91. The van der Waals surface area contributed by atoms with E-state index >= 15 is 0 Å². The monoisotopic (exact) mass is 185 g/mol. The molecule has 0 aliphatic heterocycles. The second kappa shape index (κ2) is 2.87. The molecule has 4 unspecified atom stereocenters. The Kier molecular flexibility index (Phi) is 2.72. The van der Waals surface area contributed by atoms with Crippen molar-refractivity contribution >= 4 is 39.2 Å². The van der Waals surface area contributed by atoms with Gasteiger partial charge in [-0.25, -0.2) is 0 Å². The van der Waals surface area contributed by atoms with Gasteiger partial charge >= 0.3 is 0 Å². The van der Waals surface area contributed by atoms with E-state index in [9.17, 15) is 0 Å². The quantitative estimate of drug-likeness (QED) is 0.539. The Bertz CT molecular complexity index is 138. The predicted octanol–water partition coefficient (Wildman–Crippen LogP) is 3.80. The van der Waals surface area contributed by atoms with E-state index in [-0.39, 0.29) is 13.5 Å². The van der Waals surface area contributed by atoms with Gasteiger partial charge in [0.1, 0.15) is 6.58 Å². The summed E-state index contributed by atoms with van der Waals surface area (Å²) < 4.78 is 0. The van der Waals surface area contributed by atoms with Crippen LogP contribution >= 0.6 is 39.2 Å². The third-order valence-electron chi connectivity index (χ3n) is 0.641. The van der Waals surface area contributed by atoms with E-state index in [1.807, 2.05) is 0 Å². The number of hydrogen-bond donors (Lipinski definition) is 0. The Morgan fingerprint density at radius 2 is 2.43 bits per heavy atom. The average molecular weight is 185 g/mol. The van der Waals surface area contributed by atoms with Crippen LogP contribution in [0.5, 0.6) is 0 Å². The molecule has 0 aliphatic carbocycles. The van der Waals surface area contributed by atoms with Crippen LogP contribution in [0, 0.1) is 0 Å². The van der Waals surface area contributed by atoms with E-state index in [0.717, 1.165) is 0 Å². The fourth-order valence-electron chi connectivity index (χ4n) is 0.294. The maximum Gasteiger partial charge on any atom is 0.187 e. The summed E-state index contributed by atoms with van der Waals surface area (Å²) >= 11 is 0. The molecule has 0 N–H and O–H groups in total. The van der Waals surface area contributed by atoms with Crippen LogP contribution in [-0.4, -0.2) is 0 Å². The Hall–Kier alpha value is 1.50. The van der Waals surface area contributed by atoms with Gasteiger partial charge in [0.05, 0.1) is 18.5 Å². The zero-order chi connectivity index (χ0) is 5.28. The summed E-state index contributed by atoms with van der Waals surface area (Å²) in [5, 5.41) is 0. The van der Waals surface area contributed by atoms with E-state index < -0.39 is 0 Å². The lowest BCUT2D eigenvalue weighted by atomic mass is 11.2. The highest BCUT2D eigenvalue weighted by Crippen LogP contribution is 2.67. The van der Waals surface area contributed by atoms with Crippen LogP contribution in [-0.2, 0) is 0 Å². The molecule has 0 bridgehead atoms. The highest BCUT2D eigenvalue weighted by molar-refractivity contribution is 8.63. The van der Waals surface area contributed by atoms with Gasteiger partial charge < -0.3 is 0 Å². The van der Waals surface area contributed by atoms with Gasteiger partial charge in [-0.15, -0.1) is 0 Å². The highest BCUT2D eigenvalue weighted by Gasteiger charge is 1.99. The smallest absolute Gasteiger partial charge is 0.0372 e. The van der Waals surface area contributed by atoms with Gasteiger partial charge in [0.15, 0.2) is 7.87 Å². The zero-order valence-corrected chi connectivity index (χ0v) is 8.64. The van der Waals surface area contributed by atoms with Crippen molar-refractivity contribution < 1.29 is 0 Å². The summed E-state index contributed by atoms with van der Waals surface area (Å²) in [5.41, 5.74) is 0. The lowest BCUT2D eigenvalue weighted by molar-refractivity contribution is 2.38. The minimum absolute atomic E-state index is 0.225. The molecule has 1 heterocycles. The molecule has 0 amide bonds. The van der Waals surface area contributed by atoms with E-state index in [2.05, 4.69) is 29.5 Å². The third-order valence-corrected chi connectivity index (χ3v) is 18.5. The molecular formula is C2H6P5+. The van der Waals surface area contributed by atoms with Crippen LogP contribution < -0.4 is 0 Å². The average Bonchev–Trinajstić information content (AvgIpc) is 1.91. The molecule has 1 aromatic heterocycles. The van der Waals surface area contributed by atoms with Crippen molar-refractivity contribution in [1.82, 2.24) is 0 Å². The van der Waals surface area contributed by atoms with Crippen LogP contribution in [0.1, 0.15) is 0 Å². The van der Waals surface area contributed by atoms with Gasteiger partial charge in [0.2, 0.25) is 0 Å². The van der Waals surface area contributed by atoms with Crippen LogP contribution in [0.2, 0.25) is 0 Å². The summed E-state index contributed by atoms with van der Waals surface area (Å²) in [7, 11) is 7.34. The lowest BCUT2D eigenvalue weighted by Gasteiger charge is -1.69. The summed E-state index contributed by atoms with van der Waals surface area (Å²) in [6.45, 7) is 0.505. The van der Waals surface area contributed by atoms with Crippen molar-refractivity contribution in [2.24, 2.45) is 0 Å². The Morgan fingerprint density at radius 3 is 2.57 bits per heavy atom. The van der Waals surface area contributed by atoms with Crippen molar-refractivity contribution in [1.29, 1.82) is 0 Å². The van der Waals surface area contributed by atoms with Crippen molar-refractivity contribution in [3.8, 4) is 0 Å². The molecule has 0 nitrogen and oxygen atoms in total. The largest absolute Gasteiger partial charge is 0.187 e. The first-order valence-corrected chi connectivity index (χ1v) is 10.1. The lowest BCUT2D eigenvalue weighted by Crippen LogP contribution is -1.09. The predicted molar refractivity (Wildman–Crippen MR) is 49.0 cm³/mol. The maximum absolute atomic E-state index is 2.91. The molecule has 38 valence electrons. The fourth-order valence-corrected chi connectivity index (χ4v) is 9.56. The van der Waals surface area contributed by atoms with Crippen LogP contribution in [0.4, 0.5) is 0 Å². The first-order chi connectivity index (χ1) is 3.30. The van der Waals surface area contributed by atoms with E-state index in [1.165, 1.54) is 7.87 Å². The summed E-state index contributed by atoms with van der Waals surface area (Å²) in [4.78, 5) is 0. The van der Waals surface area contributed by atoms with Crippen molar-refractivity contribution in [3.05, 3.63) is 11.6 Å². The normalized spacial score (nSPS) is 15.7. The van der Waals surface area contributed by atoms with Gasteiger partial charge in [-0.1, -0.05) is 0 Å². The second-order valence-corrected chi connectivity index (χ2v) is 16.1. The molecule has 0 aromatic carbocycles. The minimum atomic E-state index is 0.225. The molecule has 4 atom stereocenters. The molecule has 0 radical (unpaired) electrons. The van der Waals surface area contributed by atoms with E-state index in [1.54, 1.807) is 0 Å². The van der Waals surface area contributed by atoms with Crippen LogP contribution in [0.3, 0.4) is 0 Å². The second-order valence-electron chi connectivity index (χ2n) is 1.11. The Balaban J connectivity index is 3.12. The van der Waals surface area contributed by atoms with Gasteiger partial charge in [-0.05, 0) is 8.93 Å². The fraction of sp³-hybridized carbons (Fsp3) is 0. The SMILES string of the molecule is Pp1pcc[p+]1P. The molecule has 7 heavy (non-hydrogen) atoms. The van der Waals surface area contributed by atoms with E-state index in [0.29, 0.717) is 0 Å². The molecule has 0 saturated carbocycles. The topological polar surface area (TPSA) is 0 Å². The van der Waals surface area contributed by atoms with E-state index in [4.69, 9.17) is 0 Å². The van der Waals surface area contributed by atoms with Crippen molar-refractivity contribution in [2.75, 3.05) is 0 Å². The zero-order valence-electron chi connectivity index (χ0n) is 3.65. The molecule has 1 rings (SSSR count). The molecular weight excluding hydrogens is 179 g/mol. The Labute approximate surface area is 51.3 Å². The summed E-state index contributed by atoms with van der Waals surface area (Å²) in [5.74, 6) is 4.58.